The Morgan fingerprint density at radius 3 is 2.48 bits per heavy atom. The second-order valence-corrected chi connectivity index (χ2v) is 5.24. The van der Waals surface area contributed by atoms with Crippen molar-refractivity contribution in [2.45, 2.75) is 6.92 Å². The Bertz CT molecular complexity index is 927. The van der Waals surface area contributed by atoms with Gasteiger partial charge in [0.1, 0.15) is 5.75 Å². The van der Waals surface area contributed by atoms with Gasteiger partial charge in [0.25, 0.3) is 5.56 Å². The lowest BCUT2D eigenvalue weighted by Gasteiger charge is -2.13. The zero-order chi connectivity index (χ0) is 16.4. The van der Waals surface area contributed by atoms with Crippen molar-refractivity contribution in [3.63, 3.8) is 0 Å². The summed E-state index contributed by atoms with van der Waals surface area (Å²) in [4.78, 5) is 26.3. The second kappa shape index (κ2) is 5.96. The summed E-state index contributed by atoms with van der Waals surface area (Å²) in [5, 5.41) is 3.83. The zero-order valence-corrected chi connectivity index (χ0v) is 12.8. The lowest BCUT2D eigenvalue weighted by Crippen LogP contribution is -2.11. The first-order valence-electron chi connectivity index (χ1n) is 7.15. The van der Waals surface area contributed by atoms with E-state index in [1.807, 2.05) is 31.2 Å². The number of hydrogen-bond donors (Lipinski definition) is 2. The number of aromatic amines is 1. The minimum Gasteiger partial charge on any atom is -0.497 e. The molecule has 0 atom stereocenters. The molecule has 0 saturated heterocycles. The van der Waals surface area contributed by atoms with Crippen molar-refractivity contribution in [2.75, 3.05) is 12.4 Å². The van der Waals surface area contributed by atoms with Crippen molar-refractivity contribution in [1.82, 2.24) is 4.98 Å². The summed E-state index contributed by atoms with van der Waals surface area (Å²) in [6.07, 6.45) is 0.606. The molecule has 0 aliphatic carbocycles. The second-order valence-electron chi connectivity index (χ2n) is 5.24. The maximum Gasteiger partial charge on any atom is 0.256 e. The van der Waals surface area contributed by atoms with Gasteiger partial charge in [-0.25, -0.2) is 0 Å². The number of benzene rings is 2. The number of aryl methyl sites for hydroxylation is 1. The number of pyridine rings is 1. The largest absolute Gasteiger partial charge is 0.497 e. The topological polar surface area (TPSA) is 71.2 Å². The van der Waals surface area contributed by atoms with Gasteiger partial charge in [0.15, 0.2) is 0 Å². The average molecular weight is 308 g/mol. The number of ether oxygens (including phenoxy) is 1. The third-order valence-electron chi connectivity index (χ3n) is 3.77. The number of fused-ring (bicyclic) bond motifs is 1. The van der Waals surface area contributed by atoms with E-state index in [9.17, 15) is 9.59 Å². The molecule has 0 saturated carbocycles. The number of aromatic nitrogens is 1. The molecule has 1 amide bonds. The van der Waals surface area contributed by atoms with E-state index < -0.39 is 0 Å². The van der Waals surface area contributed by atoms with Crippen LogP contribution in [-0.2, 0) is 4.79 Å². The van der Waals surface area contributed by atoms with E-state index in [0.717, 1.165) is 11.1 Å². The highest BCUT2D eigenvalue weighted by atomic mass is 16.5. The van der Waals surface area contributed by atoms with Gasteiger partial charge in [-0.2, -0.15) is 0 Å². The van der Waals surface area contributed by atoms with Gasteiger partial charge in [-0.3, -0.25) is 9.59 Å². The molecule has 0 unspecified atom stereocenters. The average Bonchev–Trinajstić information content (AvgIpc) is 2.58. The fourth-order valence-electron chi connectivity index (χ4n) is 2.58. The molecule has 116 valence electrons. The van der Waals surface area contributed by atoms with Crippen molar-refractivity contribution in [2.24, 2.45) is 0 Å². The van der Waals surface area contributed by atoms with Crippen molar-refractivity contribution in [3.8, 4) is 17.0 Å². The number of amides is 1. The molecule has 0 aliphatic heterocycles. The molecule has 0 aliphatic rings. The van der Waals surface area contributed by atoms with Crippen LogP contribution in [0.1, 0.15) is 5.56 Å². The molecule has 0 spiro atoms. The van der Waals surface area contributed by atoms with Crippen molar-refractivity contribution in [3.05, 3.63) is 58.4 Å². The van der Waals surface area contributed by atoms with Crippen LogP contribution in [0.2, 0.25) is 0 Å². The highest BCUT2D eigenvalue weighted by Crippen LogP contribution is 2.32. The number of rotatable bonds is 4. The lowest BCUT2D eigenvalue weighted by molar-refractivity contribution is -0.105. The summed E-state index contributed by atoms with van der Waals surface area (Å²) in [5.41, 5.74) is 2.87. The first-order valence-corrected chi connectivity index (χ1v) is 7.15. The predicted molar refractivity (Wildman–Crippen MR) is 91.0 cm³/mol. The van der Waals surface area contributed by atoms with E-state index in [1.54, 1.807) is 25.3 Å². The zero-order valence-electron chi connectivity index (χ0n) is 12.8. The first kappa shape index (κ1) is 14.8. The molecule has 1 aromatic heterocycles. The highest BCUT2D eigenvalue weighted by molar-refractivity contribution is 6.03. The quantitative estimate of drug-likeness (QED) is 0.728. The number of nitrogens with one attached hydrogen (secondary N) is 2. The van der Waals surface area contributed by atoms with E-state index >= 15 is 0 Å². The summed E-state index contributed by atoms with van der Waals surface area (Å²) in [5.74, 6) is 0.586. The van der Waals surface area contributed by atoms with E-state index in [1.165, 1.54) is 0 Å². The van der Waals surface area contributed by atoms with Crippen molar-refractivity contribution < 1.29 is 9.53 Å². The Labute approximate surface area is 132 Å². The van der Waals surface area contributed by atoms with Crippen LogP contribution < -0.4 is 15.6 Å². The van der Waals surface area contributed by atoms with Gasteiger partial charge in [0.2, 0.25) is 6.41 Å². The maximum absolute atomic E-state index is 12.4. The van der Waals surface area contributed by atoms with Gasteiger partial charge >= 0.3 is 0 Å². The van der Waals surface area contributed by atoms with Crippen LogP contribution in [-0.4, -0.2) is 18.5 Å². The van der Waals surface area contributed by atoms with Crippen LogP contribution >= 0.6 is 0 Å². The molecule has 2 aromatic carbocycles. The molecule has 3 rings (SSSR count). The number of methoxy groups -OCH3 is 1. The van der Waals surface area contributed by atoms with Gasteiger partial charge in [-0.05, 0) is 25.1 Å². The van der Waals surface area contributed by atoms with Crippen LogP contribution in [0.3, 0.4) is 0 Å². The smallest absolute Gasteiger partial charge is 0.256 e. The Balaban J connectivity index is 2.33. The van der Waals surface area contributed by atoms with Gasteiger partial charge in [-0.1, -0.05) is 29.8 Å². The number of hydrogen-bond acceptors (Lipinski definition) is 3. The summed E-state index contributed by atoms with van der Waals surface area (Å²) in [7, 11) is 1.54. The standard InChI is InChI=1S/C18H16N2O3/c1-11-3-5-12(6-4-11)16-17(19-10-21)14-8-7-13(23-2)9-15(14)18(22)20-16/h3-10H,1-2H3,(H,19,21)(H,20,22). The van der Waals surface area contributed by atoms with Gasteiger partial charge in [0, 0.05) is 10.9 Å². The fraction of sp³-hybridized carbons (Fsp3) is 0.111. The molecule has 0 bridgehead atoms. The molecule has 3 aromatic rings. The van der Waals surface area contributed by atoms with E-state index in [2.05, 4.69) is 10.3 Å². The lowest BCUT2D eigenvalue weighted by atomic mass is 10.0. The predicted octanol–water partition coefficient (Wildman–Crippen LogP) is 3.08. The van der Waals surface area contributed by atoms with Crippen molar-refractivity contribution >= 4 is 22.9 Å². The molecular weight excluding hydrogens is 292 g/mol. The Morgan fingerprint density at radius 2 is 1.83 bits per heavy atom. The maximum atomic E-state index is 12.4. The first-order chi connectivity index (χ1) is 11.1. The Hall–Kier alpha value is -3.08. The number of carbonyl (C=O) groups excluding carboxylic acids is 1. The number of H-pyrrole nitrogens is 1. The Kier molecular flexibility index (Phi) is 3.85. The summed E-state index contributed by atoms with van der Waals surface area (Å²) < 4.78 is 5.16. The van der Waals surface area contributed by atoms with Crippen LogP contribution in [0.25, 0.3) is 22.0 Å². The minimum atomic E-state index is -0.231. The van der Waals surface area contributed by atoms with Crippen molar-refractivity contribution in [1.29, 1.82) is 0 Å². The van der Waals surface area contributed by atoms with E-state index in [-0.39, 0.29) is 5.56 Å². The van der Waals surface area contributed by atoms with E-state index in [4.69, 9.17) is 4.74 Å². The summed E-state index contributed by atoms with van der Waals surface area (Å²) in [6, 6.07) is 12.9. The number of carbonyl (C=O) groups is 1. The van der Waals surface area contributed by atoms with Gasteiger partial charge < -0.3 is 15.0 Å². The molecule has 0 radical (unpaired) electrons. The van der Waals surface area contributed by atoms with Crippen LogP contribution in [0, 0.1) is 6.92 Å². The molecular formula is C18H16N2O3. The minimum absolute atomic E-state index is 0.231. The molecule has 0 fully saturated rings. The molecule has 23 heavy (non-hydrogen) atoms. The SMILES string of the molecule is COc1ccc2c(NC=O)c(-c3ccc(C)cc3)[nH]c(=O)c2c1. The molecule has 1 heterocycles. The fourth-order valence-corrected chi connectivity index (χ4v) is 2.58. The highest BCUT2D eigenvalue weighted by Gasteiger charge is 2.13. The molecule has 5 heteroatoms. The molecule has 2 N–H and O–H groups in total. The Morgan fingerprint density at radius 1 is 1.09 bits per heavy atom. The monoisotopic (exact) mass is 308 g/mol. The van der Waals surface area contributed by atoms with Crippen LogP contribution in [0.5, 0.6) is 5.75 Å². The number of anilines is 1. The third kappa shape index (κ3) is 2.68. The van der Waals surface area contributed by atoms with Gasteiger partial charge in [0.05, 0.1) is 23.9 Å². The summed E-state index contributed by atoms with van der Waals surface area (Å²) in [6.45, 7) is 1.99. The van der Waals surface area contributed by atoms with Gasteiger partial charge in [-0.15, -0.1) is 0 Å². The summed E-state index contributed by atoms with van der Waals surface area (Å²) >= 11 is 0. The van der Waals surface area contributed by atoms with Crippen LogP contribution in [0.15, 0.2) is 47.3 Å². The normalized spacial score (nSPS) is 10.5. The third-order valence-corrected chi connectivity index (χ3v) is 3.77. The van der Waals surface area contributed by atoms with Crippen LogP contribution in [0.4, 0.5) is 5.69 Å². The molecule has 5 nitrogen and oxygen atoms in total. The van der Waals surface area contributed by atoms with E-state index in [0.29, 0.717) is 34.3 Å².